The second-order valence-electron chi connectivity index (χ2n) is 4.16. The standard InChI is InChI=1S/C10H21NO2/c1-9(2)7-11-4-6-13-10(8-11)3-5-12/h9-10,12H,3-8H2,1-2H3. The molecule has 0 bridgehead atoms. The molecular weight excluding hydrogens is 166 g/mol. The van der Waals surface area contributed by atoms with Crippen LogP contribution in [0.15, 0.2) is 0 Å². The van der Waals surface area contributed by atoms with E-state index in [4.69, 9.17) is 9.84 Å². The average molecular weight is 187 g/mol. The van der Waals surface area contributed by atoms with Crippen LogP contribution in [0.2, 0.25) is 0 Å². The van der Waals surface area contributed by atoms with E-state index in [0.29, 0.717) is 5.92 Å². The van der Waals surface area contributed by atoms with Gasteiger partial charge in [0.15, 0.2) is 0 Å². The topological polar surface area (TPSA) is 32.7 Å². The van der Waals surface area contributed by atoms with Crippen LogP contribution in [-0.4, -0.2) is 49.0 Å². The van der Waals surface area contributed by atoms with E-state index in [1.807, 2.05) is 0 Å². The van der Waals surface area contributed by atoms with Gasteiger partial charge >= 0.3 is 0 Å². The number of hydrogen-bond donors (Lipinski definition) is 1. The molecule has 0 radical (unpaired) electrons. The summed E-state index contributed by atoms with van der Waals surface area (Å²) in [5, 5.41) is 8.79. The van der Waals surface area contributed by atoms with Crippen molar-refractivity contribution in [2.24, 2.45) is 5.92 Å². The molecule has 3 heteroatoms. The summed E-state index contributed by atoms with van der Waals surface area (Å²) in [6.07, 6.45) is 1.02. The molecule has 3 nitrogen and oxygen atoms in total. The lowest BCUT2D eigenvalue weighted by Crippen LogP contribution is -2.44. The molecule has 0 saturated carbocycles. The minimum atomic E-state index is 0.236. The van der Waals surface area contributed by atoms with Gasteiger partial charge in [-0.2, -0.15) is 0 Å². The van der Waals surface area contributed by atoms with Crippen LogP contribution < -0.4 is 0 Å². The first kappa shape index (κ1) is 11.0. The van der Waals surface area contributed by atoms with Crippen molar-refractivity contribution in [3.8, 4) is 0 Å². The van der Waals surface area contributed by atoms with E-state index in [9.17, 15) is 0 Å². The number of nitrogens with zero attached hydrogens (tertiary/aromatic N) is 1. The van der Waals surface area contributed by atoms with E-state index < -0.39 is 0 Å². The van der Waals surface area contributed by atoms with Crippen molar-refractivity contribution in [3.05, 3.63) is 0 Å². The molecule has 0 amide bonds. The number of aliphatic hydroxyl groups excluding tert-OH is 1. The van der Waals surface area contributed by atoms with Crippen molar-refractivity contribution in [2.75, 3.05) is 32.8 Å². The summed E-state index contributed by atoms with van der Waals surface area (Å²) in [5.74, 6) is 0.716. The highest BCUT2D eigenvalue weighted by atomic mass is 16.5. The predicted molar refractivity (Wildman–Crippen MR) is 52.7 cm³/mol. The molecule has 0 aromatic carbocycles. The van der Waals surface area contributed by atoms with Crippen molar-refractivity contribution in [3.63, 3.8) is 0 Å². The van der Waals surface area contributed by atoms with Gasteiger partial charge in [0.05, 0.1) is 12.7 Å². The number of rotatable bonds is 4. The van der Waals surface area contributed by atoms with Crippen LogP contribution in [0.3, 0.4) is 0 Å². The van der Waals surface area contributed by atoms with Gasteiger partial charge in [-0.05, 0) is 12.3 Å². The van der Waals surface area contributed by atoms with Crippen LogP contribution in [-0.2, 0) is 4.74 Å². The summed E-state index contributed by atoms with van der Waals surface area (Å²) >= 11 is 0. The van der Waals surface area contributed by atoms with Crippen molar-refractivity contribution >= 4 is 0 Å². The third-order valence-corrected chi connectivity index (χ3v) is 2.30. The van der Waals surface area contributed by atoms with Crippen molar-refractivity contribution in [1.29, 1.82) is 0 Å². The van der Waals surface area contributed by atoms with E-state index in [1.165, 1.54) is 0 Å². The maximum Gasteiger partial charge on any atom is 0.0724 e. The van der Waals surface area contributed by atoms with Gasteiger partial charge in [0.1, 0.15) is 0 Å². The van der Waals surface area contributed by atoms with Gasteiger partial charge in [-0.1, -0.05) is 13.8 Å². The van der Waals surface area contributed by atoms with Crippen molar-refractivity contribution in [1.82, 2.24) is 4.90 Å². The highest BCUT2D eigenvalue weighted by molar-refractivity contribution is 4.71. The lowest BCUT2D eigenvalue weighted by molar-refractivity contribution is -0.0408. The molecule has 1 atom stereocenters. The molecule has 78 valence electrons. The predicted octanol–water partition coefficient (Wildman–Crippen LogP) is 0.726. The first-order valence-electron chi connectivity index (χ1n) is 5.17. The molecule has 0 aliphatic carbocycles. The molecule has 1 rings (SSSR count). The molecule has 13 heavy (non-hydrogen) atoms. The monoisotopic (exact) mass is 187 g/mol. The Kier molecular flexibility index (Phi) is 4.70. The van der Waals surface area contributed by atoms with E-state index in [1.54, 1.807) is 0 Å². The van der Waals surface area contributed by atoms with E-state index in [0.717, 1.165) is 32.7 Å². The fourth-order valence-electron chi connectivity index (χ4n) is 1.78. The molecule has 1 unspecified atom stereocenters. The first-order valence-corrected chi connectivity index (χ1v) is 5.17. The Bertz CT molecular complexity index is 137. The second-order valence-corrected chi connectivity index (χ2v) is 4.16. The van der Waals surface area contributed by atoms with E-state index >= 15 is 0 Å². The summed E-state index contributed by atoms with van der Waals surface area (Å²) < 4.78 is 5.53. The van der Waals surface area contributed by atoms with Gasteiger partial charge in [0.25, 0.3) is 0 Å². The average Bonchev–Trinajstić information content (AvgIpc) is 2.04. The van der Waals surface area contributed by atoms with Gasteiger partial charge in [0, 0.05) is 26.2 Å². The Hall–Kier alpha value is -0.120. The van der Waals surface area contributed by atoms with Crippen LogP contribution in [0.1, 0.15) is 20.3 Å². The Balaban J connectivity index is 2.24. The largest absolute Gasteiger partial charge is 0.396 e. The number of aliphatic hydroxyl groups is 1. The van der Waals surface area contributed by atoms with Crippen LogP contribution >= 0.6 is 0 Å². The lowest BCUT2D eigenvalue weighted by atomic mass is 10.1. The van der Waals surface area contributed by atoms with E-state index in [-0.39, 0.29) is 12.7 Å². The van der Waals surface area contributed by atoms with Crippen LogP contribution in [0, 0.1) is 5.92 Å². The minimum absolute atomic E-state index is 0.236. The molecule has 1 fully saturated rings. The van der Waals surface area contributed by atoms with Crippen LogP contribution in [0.25, 0.3) is 0 Å². The summed E-state index contributed by atoms with van der Waals surface area (Å²) in [7, 11) is 0. The highest BCUT2D eigenvalue weighted by Crippen LogP contribution is 2.09. The summed E-state index contributed by atoms with van der Waals surface area (Å²) in [6, 6.07) is 0. The second kappa shape index (κ2) is 5.58. The number of hydrogen-bond acceptors (Lipinski definition) is 3. The Morgan fingerprint density at radius 1 is 1.54 bits per heavy atom. The molecule has 0 aromatic rings. The third kappa shape index (κ3) is 4.07. The van der Waals surface area contributed by atoms with Gasteiger partial charge in [-0.15, -0.1) is 0 Å². The van der Waals surface area contributed by atoms with Crippen LogP contribution in [0.4, 0.5) is 0 Å². The number of ether oxygens (including phenoxy) is 1. The maximum absolute atomic E-state index is 8.79. The molecule has 0 aromatic heterocycles. The van der Waals surface area contributed by atoms with Crippen molar-refractivity contribution < 1.29 is 9.84 Å². The van der Waals surface area contributed by atoms with Crippen molar-refractivity contribution in [2.45, 2.75) is 26.4 Å². The quantitative estimate of drug-likeness (QED) is 0.704. The molecule has 1 N–H and O–H groups in total. The molecule has 1 saturated heterocycles. The fourth-order valence-corrected chi connectivity index (χ4v) is 1.78. The van der Waals surface area contributed by atoms with E-state index in [2.05, 4.69) is 18.7 Å². The zero-order valence-corrected chi connectivity index (χ0v) is 8.70. The van der Waals surface area contributed by atoms with Crippen LogP contribution in [0.5, 0.6) is 0 Å². The number of morpholine rings is 1. The van der Waals surface area contributed by atoms with Gasteiger partial charge in [-0.25, -0.2) is 0 Å². The summed E-state index contributed by atoms with van der Waals surface area (Å²) in [5.41, 5.74) is 0. The molecular formula is C10H21NO2. The minimum Gasteiger partial charge on any atom is -0.396 e. The molecule has 1 aliphatic heterocycles. The third-order valence-electron chi connectivity index (χ3n) is 2.30. The summed E-state index contributed by atoms with van der Waals surface area (Å²) in [6.45, 7) is 8.69. The van der Waals surface area contributed by atoms with Gasteiger partial charge in [0.2, 0.25) is 0 Å². The Morgan fingerprint density at radius 3 is 2.92 bits per heavy atom. The normalized spacial score (nSPS) is 25.4. The SMILES string of the molecule is CC(C)CN1CCOC(CCO)C1. The zero-order valence-electron chi connectivity index (χ0n) is 8.70. The lowest BCUT2D eigenvalue weighted by Gasteiger charge is -2.33. The van der Waals surface area contributed by atoms with Gasteiger partial charge in [-0.3, -0.25) is 4.90 Å². The fraction of sp³-hybridized carbons (Fsp3) is 1.00. The molecule has 1 heterocycles. The van der Waals surface area contributed by atoms with Gasteiger partial charge < -0.3 is 9.84 Å². The smallest absolute Gasteiger partial charge is 0.0724 e. The molecule has 1 aliphatic rings. The maximum atomic E-state index is 8.79. The Morgan fingerprint density at radius 2 is 2.31 bits per heavy atom. The highest BCUT2D eigenvalue weighted by Gasteiger charge is 2.19. The Labute approximate surface area is 80.7 Å². The molecule has 0 spiro atoms. The zero-order chi connectivity index (χ0) is 9.68. The summed E-state index contributed by atoms with van der Waals surface area (Å²) in [4.78, 5) is 2.43. The first-order chi connectivity index (χ1) is 6.22.